The van der Waals surface area contributed by atoms with Gasteiger partial charge >= 0.3 is 0 Å². The molecule has 0 aliphatic carbocycles. The number of carbonyl (C=O) groups excluding carboxylic acids is 2. The lowest BCUT2D eigenvalue weighted by Gasteiger charge is -2.12. The molecule has 0 saturated heterocycles. The van der Waals surface area contributed by atoms with Gasteiger partial charge in [0.1, 0.15) is 17.2 Å². The van der Waals surface area contributed by atoms with Gasteiger partial charge < -0.3 is 20.1 Å². The Labute approximate surface area is 208 Å². The van der Waals surface area contributed by atoms with Crippen molar-refractivity contribution in [3.05, 3.63) is 108 Å². The highest BCUT2D eigenvalue weighted by Gasteiger charge is 2.13. The summed E-state index contributed by atoms with van der Waals surface area (Å²) in [7, 11) is 3.12. The highest BCUT2D eigenvalue weighted by molar-refractivity contribution is 6.07. The number of nitrogens with one attached hydrogen (secondary N) is 2. The fraction of sp³-hybridized carbons (Fsp3) is 0.0714. The summed E-state index contributed by atoms with van der Waals surface area (Å²) in [6, 6.07) is 27.8. The molecule has 8 nitrogen and oxygen atoms in total. The SMILES string of the molecule is COc1ccc(C(=O)Nc2ccc(N=Nc3ccccc3)c(NC(=O)c3ccc(OC)cc3)c2)cc1. The van der Waals surface area contributed by atoms with E-state index in [-0.39, 0.29) is 11.8 Å². The zero-order chi connectivity index (χ0) is 25.3. The van der Waals surface area contributed by atoms with E-state index in [0.717, 1.165) is 0 Å². The smallest absolute Gasteiger partial charge is 0.255 e. The molecule has 180 valence electrons. The second-order valence-corrected chi connectivity index (χ2v) is 7.63. The van der Waals surface area contributed by atoms with E-state index in [1.165, 1.54) is 0 Å². The summed E-state index contributed by atoms with van der Waals surface area (Å²) in [6.45, 7) is 0. The van der Waals surface area contributed by atoms with E-state index in [9.17, 15) is 9.59 Å². The molecule has 0 heterocycles. The maximum absolute atomic E-state index is 12.9. The highest BCUT2D eigenvalue weighted by atomic mass is 16.5. The van der Waals surface area contributed by atoms with Crippen LogP contribution < -0.4 is 20.1 Å². The second-order valence-electron chi connectivity index (χ2n) is 7.63. The minimum Gasteiger partial charge on any atom is -0.497 e. The van der Waals surface area contributed by atoms with E-state index in [1.807, 2.05) is 30.3 Å². The van der Waals surface area contributed by atoms with Crippen LogP contribution in [0.25, 0.3) is 0 Å². The van der Waals surface area contributed by atoms with E-state index in [2.05, 4.69) is 20.9 Å². The molecular formula is C28H24N4O4. The molecule has 0 spiro atoms. The summed E-state index contributed by atoms with van der Waals surface area (Å²) in [5, 5.41) is 14.3. The van der Waals surface area contributed by atoms with Crippen LogP contribution in [-0.2, 0) is 0 Å². The molecule has 0 aliphatic rings. The summed E-state index contributed by atoms with van der Waals surface area (Å²) < 4.78 is 10.3. The maximum Gasteiger partial charge on any atom is 0.255 e. The molecule has 0 atom stereocenters. The molecule has 0 saturated carbocycles. The third-order valence-corrected chi connectivity index (χ3v) is 5.24. The van der Waals surface area contributed by atoms with E-state index in [1.54, 1.807) is 80.9 Å². The van der Waals surface area contributed by atoms with Gasteiger partial charge in [-0.2, -0.15) is 5.11 Å². The third-order valence-electron chi connectivity index (χ3n) is 5.24. The molecule has 36 heavy (non-hydrogen) atoms. The Hall–Kier alpha value is -4.98. The molecule has 0 aliphatic heterocycles. The molecular weight excluding hydrogens is 456 g/mol. The van der Waals surface area contributed by atoms with E-state index >= 15 is 0 Å². The minimum atomic E-state index is -0.340. The number of azo groups is 1. The predicted octanol–water partition coefficient (Wildman–Crippen LogP) is 6.62. The van der Waals surface area contributed by atoms with Crippen molar-refractivity contribution in [1.29, 1.82) is 0 Å². The van der Waals surface area contributed by atoms with Crippen molar-refractivity contribution in [2.45, 2.75) is 0 Å². The number of carbonyl (C=O) groups is 2. The Morgan fingerprint density at radius 1 is 0.639 bits per heavy atom. The molecule has 0 radical (unpaired) electrons. The first-order valence-corrected chi connectivity index (χ1v) is 11.1. The molecule has 4 aromatic rings. The second kappa shape index (κ2) is 11.4. The van der Waals surface area contributed by atoms with E-state index in [0.29, 0.717) is 45.4 Å². The number of hydrogen-bond donors (Lipinski definition) is 2. The van der Waals surface area contributed by atoms with Crippen LogP contribution in [0.4, 0.5) is 22.7 Å². The van der Waals surface area contributed by atoms with Crippen molar-refractivity contribution in [3.8, 4) is 11.5 Å². The lowest BCUT2D eigenvalue weighted by molar-refractivity contribution is 0.101. The van der Waals surface area contributed by atoms with Crippen LogP contribution >= 0.6 is 0 Å². The summed E-state index contributed by atoms with van der Waals surface area (Å²) >= 11 is 0. The third kappa shape index (κ3) is 6.12. The van der Waals surface area contributed by atoms with Gasteiger partial charge in [-0.3, -0.25) is 9.59 Å². The fourth-order valence-corrected chi connectivity index (χ4v) is 3.29. The zero-order valence-electron chi connectivity index (χ0n) is 19.8. The molecule has 8 heteroatoms. The number of nitrogens with zero attached hydrogens (tertiary/aromatic N) is 2. The minimum absolute atomic E-state index is 0.302. The van der Waals surface area contributed by atoms with E-state index < -0.39 is 0 Å². The van der Waals surface area contributed by atoms with Gasteiger partial charge in [-0.25, -0.2) is 0 Å². The Bertz CT molecular complexity index is 1370. The van der Waals surface area contributed by atoms with Crippen molar-refractivity contribution in [1.82, 2.24) is 0 Å². The molecule has 4 rings (SSSR count). The summed E-state index contributed by atoms with van der Waals surface area (Å²) in [5.74, 6) is 0.659. The normalized spacial score (nSPS) is 10.6. The van der Waals surface area contributed by atoms with Gasteiger partial charge in [-0.15, -0.1) is 5.11 Å². The van der Waals surface area contributed by atoms with Crippen LogP contribution in [0.1, 0.15) is 20.7 Å². The molecule has 0 unspecified atom stereocenters. The van der Waals surface area contributed by atoms with Crippen molar-refractivity contribution in [2.75, 3.05) is 24.9 Å². The molecule has 4 aromatic carbocycles. The fourth-order valence-electron chi connectivity index (χ4n) is 3.29. The van der Waals surface area contributed by atoms with Gasteiger partial charge in [-0.05, 0) is 78.9 Å². The lowest BCUT2D eigenvalue weighted by Crippen LogP contribution is -2.14. The largest absolute Gasteiger partial charge is 0.497 e. The standard InChI is InChI=1S/C28H24N4O4/c1-35-23-13-8-19(9-14-23)27(33)29-22-12-17-25(32-31-21-6-4-3-5-7-21)26(18-22)30-28(34)20-10-15-24(36-2)16-11-20/h3-18H,1-2H3,(H,29,33)(H,30,34). The molecule has 2 N–H and O–H groups in total. The van der Waals surface area contributed by atoms with Gasteiger partial charge in [-0.1, -0.05) is 18.2 Å². The molecule has 0 aromatic heterocycles. The van der Waals surface area contributed by atoms with Gasteiger partial charge in [0.2, 0.25) is 0 Å². The Kier molecular flexibility index (Phi) is 7.67. The quantitative estimate of drug-likeness (QED) is 0.277. The van der Waals surface area contributed by atoms with Crippen molar-refractivity contribution in [2.24, 2.45) is 10.2 Å². The number of ether oxygens (including phenoxy) is 2. The van der Waals surface area contributed by atoms with Crippen LogP contribution in [0.15, 0.2) is 107 Å². The van der Waals surface area contributed by atoms with Gasteiger partial charge in [0.05, 0.1) is 25.6 Å². The van der Waals surface area contributed by atoms with Crippen LogP contribution in [-0.4, -0.2) is 26.0 Å². The number of amides is 2. The van der Waals surface area contributed by atoms with Crippen LogP contribution in [0.5, 0.6) is 11.5 Å². The first kappa shape index (κ1) is 24.2. The predicted molar refractivity (Wildman–Crippen MR) is 139 cm³/mol. The first-order valence-electron chi connectivity index (χ1n) is 11.1. The van der Waals surface area contributed by atoms with Crippen molar-refractivity contribution >= 4 is 34.6 Å². The van der Waals surface area contributed by atoms with E-state index in [4.69, 9.17) is 9.47 Å². The number of hydrogen-bond acceptors (Lipinski definition) is 6. The van der Waals surface area contributed by atoms with Crippen LogP contribution in [0.3, 0.4) is 0 Å². The highest BCUT2D eigenvalue weighted by Crippen LogP contribution is 2.31. The van der Waals surface area contributed by atoms with Gasteiger partial charge in [0, 0.05) is 16.8 Å². The number of benzene rings is 4. The Morgan fingerprint density at radius 3 is 1.75 bits per heavy atom. The van der Waals surface area contributed by atoms with Crippen molar-refractivity contribution < 1.29 is 19.1 Å². The number of methoxy groups -OCH3 is 2. The van der Waals surface area contributed by atoms with Crippen molar-refractivity contribution in [3.63, 3.8) is 0 Å². The van der Waals surface area contributed by atoms with Gasteiger partial charge in [0.25, 0.3) is 11.8 Å². The first-order chi connectivity index (χ1) is 17.6. The average molecular weight is 481 g/mol. The number of rotatable bonds is 8. The maximum atomic E-state index is 12.9. The Morgan fingerprint density at radius 2 is 1.19 bits per heavy atom. The molecule has 2 amide bonds. The summed E-state index contributed by atoms with van der Waals surface area (Å²) in [4.78, 5) is 25.7. The molecule has 0 bridgehead atoms. The summed E-state index contributed by atoms with van der Waals surface area (Å²) in [5.41, 5.74) is 2.88. The average Bonchev–Trinajstić information content (AvgIpc) is 2.93. The summed E-state index contributed by atoms with van der Waals surface area (Å²) in [6.07, 6.45) is 0. The zero-order valence-corrected chi connectivity index (χ0v) is 19.8. The topological polar surface area (TPSA) is 101 Å². The molecule has 0 fully saturated rings. The number of anilines is 2. The van der Waals surface area contributed by atoms with Crippen LogP contribution in [0, 0.1) is 0 Å². The van der Waals surface area contributed by atoms with Crippen LogP contribution in [0.2, 0.25) is 0 Å². The Balaban J connectivity index is 1.60. The monoisotopic (exact) mass is 480 g/mol. The van der Waals surface area contributed by atoms with Gasteiger partial charge in [0.15, 0.2) is 0 Å². The lowest BCUT2D eigenvalue weighted by atomic mass is 10.1.